The van der Waals surface area contributed by atoms with E-state index >= 15 is 0 Å². The van der Waals surface area contributed by atoms with Crippen molar-refractivity contribution in [1.82, 2.24) is 4.90 Å². The lowest BCUT2D eigenvalue weighted by Gasteiger charge is -2.28. The van der Waals surface area contributed by atoms with Crippen LogP contribution < -0.4 is 0 Å². The molecule has 0 atom stereocenters. The second-order valence-electron chi connectivity index (χ2n) is 5.79. The van der Waals surface area contributed by atoms with Crippen LogP contribution in [0.25, 0.3) is 0 Å². The summed E-state index contributed by atoms with van der Waals surface area (Å²) in [5.41, 5.74) is 3.15. The second-order valence-corrected chi connectivity index (χ2v) is 5.79. The number of aromatic hydroxyl groups is 1. The number of carbonyl (C=O) groups excluding carboxylic acids is 1. The third kappa shape index (κ3) is 2.53. The predicted octanol–water partition coefficient (Wildman–Crippen LogP) is 3.31. The predicted molar refractivity (Wildman–Crippen MR) is 79.3 cm³/mol. The van der Waals surface area contributed by atoms with Gasteiger partial charge in [-0.15, -0.1) is 0 Å². The molecule has 0 fully saturated rings. The van der Waals surface area contributed by atoms with E-state index in [1.807, 2.05) is 26.0 Å². The van der Waals surface area contributed by atoms with Crippen LogP contribution in [-0.2, 0) is 13.0 Å². The molecule has 1 N–H and O–H groups in total. The molecule has 0 spiro atoms. The van der Waals surface area contributed by atoms with Gasteiger partial charge in [-0.1, -0.05) is 19.9 Å². The first kappa shape index (κ1) is 13.7. The molecule has 0 radical (unpaired) electrons. The number of carbonyl (C=O) groups is 1. The second kappa shape index (κ2) is 5.28. The molecule has 21 heavy (non-hydrogen) atoms. The molecule has 110 valence electrons. The first-order valence-electron chi connectivity index (χ1n) is 7.23. The van der Waals surface area contributed by atoms with Gasteiger partial charge in [-0.25, -0.2) is 0 Å². The van der Waals surface area contributed by atoms with Gasteiger partial charge in [-0.2, -0.15) is 0 Å². The Bertz CT molecular complexity index is 672. The number of phenols is 1. The highest BCUT2D eigenvalue weighted by atomic mass is 16.3. The van der Waals surface area contributed by atoms with E-state index < -0.39 is 0 Å². The van der Waals surface area contributed by atoms with Crippen LogP contribution >= 0.6 is 0 Å². The Balaban J connectivity index is 1.85. The van der Waals surface area contributed by atoms with Crippen molar-refractivity contribution in [3.8, 4) is 5.75 Å². The van der Waals surface area contributed by atoms with Crippen LogP contribution in [0.3, 0.4) is 0 Å². The molecule has 1 aromatic carbocycles. The van der Waals surface area contributed by atoms with Gasteiger partial charge in [0.25, 0.3) is 5.91 Å². The summed E-state index contributed by atoms with van der Waals surface area (Å²) in [6.07, 6.45) is 2.38. The fourth-order valence-corrected chi connectivity index (χ4v) is 2.81. The highest BCUT2D eigenvalue weighted by Gasteiger charge is 2.26. The number of hydrogen-bond acceptors (Lipinski definition) is 3. The van der Waals surface area contributed by atoms with Gasteiger partial charge in [-0.05, 0) is 41.7 Å². The fraction of sp³-hybridized carbons (Fsp3) is 0.353. The zero-order chi connectivity index (χ0) is 15.0. The molecule has 0 saturated heterocycles. The molecule has 4 nitrogen and oxygen atoms in total. The maximum atomic E-state index is 12.7. The zero-order valence-electron chi connectivity index (χ0n) is 12.3. The third-order valence-electron chi connectivity index (χ3n) is 4.00. The lowest BCUT2D eigenvalue weighted by Crippen LogP contribution is -2.36. The van der Waals surface area contributed by atoms with E-state index in [0.717, 1.165) is 17.5 Å². The first-order valence-corrected chi connectivity index (χ1v) is 7.23. The SMILES string of the molecule is CC(C)c1ccoc1C(=O)N1CCc2ccc(O)cc2C1. The molecule has 1 amide bonds. The molecule has 4 heteroatoms. The molecule has 0 saturated carbocycles. The molecule has 3 rings (SSSR count). The summed E-state index contributed by atoms with van der Waals surface area (Å²) in [4.78, 5) is 14.4. The average molecular weight is 285 g/mol. The Morgan fingerprint density at radius 2 is 2.10 bits per heavy atom. The van der Waals surface area contributed by atoms with Gasteiger partial charge in [0.1, 0.15) is 5.75 Å². The van der Waals surface area contributed by atoms with Crippen LogP contribution in [0.4, 0.5) is 0 Å². The maximum absolute atomic E-state index is 12.7. The smallest absolute Gasteiger partial charge is 0.290 e. The van der Waals surface area contributed by atoms with Crippen LogP contribution in [0.5, 0.6) is 5.75 Å². The average Bonchev–Trinajstić information content (AvgIpc) is 2.95. The first-order chi connectivity index (χ1) is 10.1. The molecule has 1 aliphatic rings. The number of hydrogen-bond donors (Lipinski definition) is 1. The van der Waals surface area contributed by atoms with Gasteiger partial charge in [0.05, 0.1) is 6.26 Å². The van der Waals surface area contributed by atoms with Crippen molar-refractivity contribution in [2.45, 2.75) is 32.7 Å². The van der Waals surface area contributed by atoms with Crippen LogP contribution in [0, 0.1) is 0 Å². The Morgan fingerprint density at radius 1 is 1.29 bits per heavy atom. The molecular weight excluding hydrogens is 266 g/mol. The number of amides is 1. The highest BCUT2D eigenvalue weighted by Crippen LogP contribution is 2.27. The van der Waals surface area contributed by atoms with E-state index in [-0.39, 0.29) is 17.6 Å². The van der Waals surface area contributed by atoms with Gasteiger partial charge in [0.15, 0.2) is 5.76 Å². The zero-order valence-corrected chi connectivity index (χ0v) is 12.3. The van der Waals surface area contributed by atoms with Crippen molar-refractivity contribution < 1.29 is 14.3 Å². The summed E-state index contributed by atoms with van der Waals surface area (Å²) in [7, 11) is 0. The van der Waals surface area contributed by atoms with Crippen molar-refractivity contribution in [3.05, 3.63) is 53.0 Å². The summed E-state index contributed by atoms with van der Waals surface area (Å²) >= 11 is 0. The van der Waals surface area contributed by atoms with E-state index in [1.54, 1.807) is 23.3 Å². The monoisotopic (exact) mass is 285 g/mol. The quantitative estimate of drug-likeness (QED) is 0.921. The summed E-state index contributed by atoms with van der Waals surface area (Å²) in [6, 6.07) is 7.22. The lowest BCUT2D eigenvalue weighted by atomic mass is 9.98. The van der Waals surface area contributed by atoms with Crippen LogP contribution in [-0.4, -0.2) is 22.5 Å². The topological polar surface area (TPSA) is 53.7 Å². The summed E-state index contributed by atoms with van der Waals surface area (Å²) in [5.74, 6) is 0.860. The van der Waals surface area contributed by atoms with Crippen LogP contribution in [0.2, 0.25) is 0 Å². The van der Waals surface area contributed by atoms with E-state index in [4.69, 9.17) is 4.42 Å². The standard InChI is InChI=1S/C17H19NO3/c1-11(2)15-6-8-21-16(15)17(20)18-7-5-12-3-4-14(19)9-13(12)10-18/h3-4,6,8-9,11,19H,5,7,10H2,1-2H3. The van der Waals surface area contributed by atoms with Crippen LogP contribution in [0.15, 0.2) is 34.9 Å². The van der Waals surface area contributed by atoms with E-state index in [9.17, 15) is 9.90 Å². The van der Waals surface area contributed by atoms with E-state index in [1.165, 1.54) is 5.56 Å². The number of fused-ring (bicyclic) bond motifs is 1. The summed E-state index contributed by atoms with van der Waals surface area (Å²) in [5, 5.41) is 9.59. The van der Waals surface area contributed by atoms with Gasteiger partial charge < -0.3 is 14.4 Å². The Morgan fingerprint density at radius 3 is 2.86 bits per heavy atom. The molecule has 0 unspecified atom stereocenters. The van der Waals surface area contributed by atoms with Gasteiger partial charge >= 0.3 is 0 Å². The minimum Gasteiger partial charge on any atom is -0.508 e. The number of furan rings is 1. The largest absolute Gasteiger partial charge is 0.508 e. The normalized spacial score (nSPS) is 14.3. The van der Waals surface area contributed by atoms with Crippen LogP contribution in [0.1, 0.15) is 47.0 Å². The number of nitrogens with zero attached hydrogens (tertiary/aromatic N) is 1. The summed E-state index contributed by atoms with van der Waals surface area (Å²) < 4.78 is 5.41. The number of rotatable bonds is 2. The van der Waals surface area contributed by atoms with E-state index in [2.05, 4.69) is 0 Å². The molecule has 0 aliphatic carbocycles. The summed E-state index contributed by atoms with van der Waals surface area (Å²) in [6.45, 7) is 5.28. The van der Waals surface area contributed by atoms with Gasteiger partial charge in [0.2, 0.25) is 0 Å². The minimum atomic E-state index is -0.0716. The Hall–Kier alpha value is -2.23. The number of benzene rings is 1. The maximum Gasteiger partial charge on any atom is 0.290 e. The van der Waals surface area contributed by atoms with Crippen molar-refractivity contribution in [3.63, 3.8) is 0 Å². The third-order valence-corrected chi connectivity index (χ3v) is 4.00. The van der Waals surface area contributed by atoms with Gasteiger partial charge in [-0.3, -0.25) is 4.79 Å². The molecular formula is C17H19NO3. The Kier molecular flexibility index (Phi) is 3.45. The molecule has 2 heterocycles. The van der Waals surface area contributed by atoms with Crippen molar-refractivity contribution in [2.24, 2.45) is 0 Å². The van der Waals surface area contributed by atoms with Crippen molar-refractivity contribution in [1.29, 1.82) is 0 Å². The fourth-order valence-electron chi connectivity index (χ4n) is 2.81. The minimum absolute atomic E-state index is 0.0716. The number of phenolic OH excluding ortho intramolecular Hbond substituents is 1. The molecule has 1 aliphatic heterocycles. The highest BCUT2D eigenvalue weighted by molar-refractivity contribution is 5.93. The van der Waals surface area contributed by atoms with E-state index in [0.29, 0.717) is 18.8 Å². The molecule has 0 bridgehead atoms. The van der Waals surface area contributed by atoms with Crippen molar-refractivity contribution >= 4 is 5.91 Å². The lowest BCUT2D eigenvalue weighted by molar-refractivity contribution is 0.0700. The molecule has 2 aromatic rings. The Labute approximate surface area is 124 Å². The van der Waals surface area contributed by atoms with Gasteiger partial charge in [0, 0.05) is 18.7 Å². The molecule has 1 aromatic heterocycles. The van der Waals surface area contributed by atoms with Crippen molar-refractivity contribution in [2.75, 3.05) is 6.54 Å².